The van der Waals surface area contributed by atoms with Crippen LogP contribution in [-0.4, -0.2) is 71.6 Å². The first-order valence-corrected chi connectivity index (χ1v) is 9.91. The van der Waals surface area contributed by atoms with Crippen molar-refractivity contribution in [2.24, 2.45) is 4.99 Å². The van der Waals surface area contributed by atoms with Crippen molar-refractivity contribution in [2.75, 3.05) is 54.7 Å². The standard InChI is InChI=1S/C21H35N3O4.HI/c1-16-13-19(25-4)20(26-5)14-17(16)15-24(3)21(22-2)23-9-6-10-28-18-7-11-27-12-8-18;/h13-14,18H,6-12,15H2,1-5H3,(H,22,23);1H. The average molecular weight is 521 g/mol. The maximum atomic E-state index is 5.92. The molecule has 2 rings (SSSR count). The van der Waals surface area contributed by atoms with E-state index in [0.717, 1.165) is 75.2 Å². The summed E-state index contributed by atoms with van der Waals surface area (Å²) in [5, 5.41) is 3.41. The Morgan fingerprint density at radius 2 is 1.86 bits per heavy atom. The van der Waals surface area contributed by atoms with Gasteiger partial charge in [-0.1, -0.05) is 0 Å². The summed E-state index contributed by atoms with van der Waals surface area (Å²) in [5.41, 5.74) is 2.33. The number of aryl methyl sites for hydroxylation is 1. The Kier molecular flexibility index (Phi) is 12.3. The molecular weight excluding hydrogens is 485 g/mol. The number of hydrogen-bond acceptors (Lipinski definition) is 5. The Morgan fingerprint density at radius 3 is 2.48 bits per heavy atom. The van der Waals surface area contributed by atoms with Gasteiger partial charge in [-0.25, -0.2) is 0 Å². The van der Waals surface area contributed by atoms with Crippen molar-refractivity contribution in [3.05, 3.63) is 23.3 Å². The van der Waals surface area contributed by atoms with E-state index in [0.29, 0.717) is 6.10 Å². The number of nitrogens with zero attached hydrogens (tertiary/aromatic N) is 2. The summed E-state index contributed by atoms with van der Waals surface area (Å²) < 4.78 is 22.1. The molecule has 8 heteroatoms. The van der Waals surface area contributed by atoms with Gasteiger partial charge < -0.3 is 29.2 Å². The maximum absolute atomic E-state index is 5.92. The number of aliphatic imine (C=N–C) groups is 1. The molecule has 0 amide bonds. The molecule has 1 saturated heterocycles. The predicted molar refractivity (Wildman–Crippen MR) is 127 cm³/mol. The van der Waals surface area contributed by atoms with Crippen LogP contribution in [0, 0.1) is 6.92 Å². The molecule has 29 heavy (non-hydrogen) atoms. The minimum Gasteiger partial charge on any atom is -0.493 e. The van der Waals surface area contributed by atoms with Gasteiger partial charge in [0.05, 0.1) is 20.3 Å². The van der Waals surface area contributed by atoms with Crippen LogP contribution in [0.2, 0.25) is 0 Å². The topological polar surface area (TPSA) is 64.6 Å². The molecule has 0 aliphatic carbocycles. The van der Waals surface area contributed by atoms with E-state index in [1.54, 1.807) is 21.3 Å². The SMILES string of the molecule is CN=C(NCCCOC1CCOCC1)N(C)Cc1cc(OC)c(OC)cc1C.I. The van der Waals surface area contributed by atoms with Crippen molar-refractivity contribution in [2.45, 2.75) is 38.8 Å². The van der Waals surface area contributed by atoms with Crippen LogP contribution in [0.3, 0.4) is 0 Å². The number of guanidine groups is 1. The van der Waals surface area contributed by atoms with Crippen LogP contribution in [-0.2, 0) is 16.0 Å². The quantitative estimate of drug-likeness (QED) is 0.233. The molecule has 0 spiro atoms. The number of halogens is 1. The third-order valence-electron chi connectivity index (χ3n) is 4.95. The molecule has 1 fully saturated rings. The van der Waals surface area contributed by atoms with Gasteiger partial charge in [0.25, 0.3) is 0 Å². The molecule has 0 aromatic heterocycles. The lowest BCUT2D eigenvalue weighted by Gasteiger charge is -2.24. The highest BCUT2D eigenvalue weighted by molar-refractivity contribution is 14.0. The average Bonchev–Trinajstić information content (AvgIpc) is 2.72. The van der Waals surface area contributed by atoms with Crippen molar-refractivity contribution in [3.8, 4) is 11.5 Å². The fraction of sp³-hybridized carbons (Fsp3) is 0.667. The summed E-state index contributed by atoms with van der Waals surface area (Å²) >= 11 is 0. The van der Waals surface area contributed by atoms with Gasteiger partial charge in [0.2, 0.25) is 0 Å². The van der Waals surface area contributed by atoms with Crippen LogP contribution >= 0.6 is 24.0 Å². The lowest BCUT2D eigenvalue weighted by Crippen LogP contribution is -2.39. The number of benzene rings is 1. The summed E-state index contributed by atoms with van der Waals surface area (Å²) in [6, 6.07) is 4.03. The Labute approximate surface area is 192 Å². The van der Waals surface area contributed by atoms with E-state index in [9.17, 15) is 0 Å². The van der Waals surface area contributed by atoms with Gasteiger partial charge in [0, 0.05) is 47.0 Å². The van der Waals surface area contributed by atoms with E-state index in [4.69, 9.17) is 18.9 Å². The van der Waals surface area contributed by atoms with Crippen LogP contribution in [0.25, 0.3) is 0 Å². The van der Waals surface area contributed by atoms with E-state index in [2.05, 4.69) is 22.1 Å². The van der Waals surface area contributed by atoms with E-state index >= 15 is 0 Å². The van der Waals surface area contributed by atoms with Gasteiger partial charge in [0.1, 0.15) is 0 Å². The van der Waals surface area contributed by atoms with Gasteiger partial charge in [-0.3, -0.25) is 4.99 Å². The predicted octanol–water partition coefficient (Wildman–Crippen LogP) is 3.22. The Hall–Kier alpha value is -1.26. The molecule has 0 bridgehead atoms. The zero-order chi connectivity index (χ0) is 20.4. The second-order valence-corrected chi connectivity index (χ2v) is 7.00. The van der Waals surface area contributed by atoms with Gasteiger partial charge in [-0.15, -0.1) is 24.0 Å². The van der Waals surface area contributed by atoms with E-state index < -0.39 is 0 Å². The zero-order valence-corrected chi connectivity index (χ0v) is 20.7. The Morgan fingerprint density at radius 1 is 1.21 bits per heavy atom. The van der Waals surface area contributed by atoms with Crippen molar-refractivity contribution in [1.82, 2.24) is 10.2 Å². The first-order valence-electron chi connectivity index (χ1n) is 9.91. The Balaban J connectivity index is 0.00000420. The molecule has 1 heterocycles. The molecule has 1 N–H and O–H groups in total. The minimum absolute atomic E-state index is 0. The summed E-state index contributed by atoms with van der Waals surface area (Å²) in [4.78, 5) is 6.50. The van der Waals surface area contributed by atoms with Crippen LogP contribution in [0.1, 0.15) is 30.4 Å². The largest absolute Gasteiger partial charge is 0.493 e. The molecule has 0 atom stereocenters. The molecular formula is C21H36IN3O4. The summed E-state index contributed by atoms with van der Waals surface area (Å²) in [6.07, 6.45) is 3.30. The van der Waals surface area contributed by atoms with Crippen molar-refractivity contribution < 1.29 is 18.9 Å². The number of nitrogens with one attached hydrogen (secondary N) is 1. The van der Waals surface area contributed by atoms with E-state index in [1.807, 2.05) is 19.2 Å². The van der Waals surface area contributed by atoms with Crippen LogP contribution < -0.4 is 14.8 Å². The molecule has 1 aromatic rings. The van der Waals surface area contributed by atoms with Crippen molar-refractivity contribution in [1.29, 1.82) is 0 Å². The fourth-order valence-corrected chi connectivity index (χ4v) is 3.27. The second-order valence-electron chi connectivity index (χ2n) is 7.00. The fourth-order valence-electron chi connectivity index (χ4n) is 3.27. The first-order chi connectivity index (χ1) is 13.6. The molecule has 0 radical (unpaired) electrons. The maximum Gasteiger partial charge on any atom is 0.193 e. The van der Waals surface area contributed by atoms with Gasteiger partial charge >= 0.3 is 0 Å². The Bertz CT molecular complexity index is 637. The normalized spacial score (nSPS) is 14.9. The third kappa shape index (κ3) is 8.18. The van der Waals surface area contributed by atoms with Crippen LogP contribution in [0.4, 0.5) is 0 Å². The van der Waals surface area contributed by atoms with Gasteiger partial charge in [0.15, 0.2) is 17.5 Å². The van der Waals surface area contributed by atoms with E-state index in [1.165, 1.54) is 5.56 Å². The monoisotopic (exact) mass is 521 g/mol. The summed E-state index contributed by atoms with van der Waals surface area (Å²) in [5.74, 6) is 2.35. The third-order valence-corrected chi connectivity index (χ3v) is 4.95. The molecule has 1 aliphatic heterocycles. The summed E-state index contributed by atoms with van der Waals surface area (Å²) in [6.45, 7) is 6.02. The zero-order valence-electron chi connectivity index (χ0n) is 18.3. The molecule has 166 valence electrons. The molecule has 0 saturated carbocycles. The van der Waals surface area contributed by atoms with Crippen molar-refractivity contribution in [3.63, 3.8) is 0 Å². The molecule has 1 aromatic carbocycles. The first kappa shape index (κ1) is 25.8. The van der Waals surface area contributed by atoms with Gasteiger partial charge in [-0.2, -0.15) is 0 Å². The van der Waals surface area contributed by atoms with E-state index in [-0.39, 0.29) is 24.0 Å². The highest BCUT2D eigenvalue weighted by atomic mass is 127. The van der Waals surface area contributed by atoms with Gasteiger partial charge in [-0.05, 0) is 49.4 Å². The molecule has 7 nitrogen and oxygen atoms in total. The number of rotatable bonds is 9. The minimum atomic E-state index is 0. The molecule has 1 aliphatic rings. The summed E-state index contributed by atoms with van der Waals surface area (Å²) in [7, 11) is 7.15. The highest BCUT2D eigenvalue weighted by Gasteiger charge is 2.14. The van der Waals surface area contributed by atoms with Crippen LogP contribution in [0.5, 0.6) is 11.5 Å². The number of methoxy groups -OCH3 is 2. The lowest BCUT2D eigenvalue weighted by molar-refractivity contribution is -0.0320. The number of ether oxygens (including phenoxy) is 4. The molecule has 0 unspecified atom stereocenters. The second kappa shape index (κ2) is 13.9. The smallest absolute Gasteiger partial charge is 0.193 e. The highest BCUT2D eigenvalue weighted by Crippen LogP contribution is 2.30. The lowest BCUT2D eigenvalue weighted by atomic mass is 10.1. The number of hydrogen-bond donors (Lipinski definition) is 1. The van der Waals surface area contributed by atoms with Crippen LogP contribution in [0.15, 0.2) is 17.1 Å². The van der Waals surface area contributed by atoms with Crippen molar-refractivity contribution >= 4 is 29.9 Å².